The van der Waals surface area contributed by atoms with Crippen LogP contribution in [0.4, 0.5) is 0 Å². The molecule has 0 amide bonds. The third-order valence-electron chi connectivity index (χ3n) is 1.40. The lowest BCUT2D eigenvalue weighted by atomic mass is 10.2. The van der Waals surface area contributed by atoms with Gasteiger partial charge in [-0.2, -0.15) is 0 Å². The number of aliphatic hydroxyl groups is 1. The van der Waals surface area contributed by atoms with Gasteiger partial charge in [-0.25, -0.2) is 0 Å². The van der Waals surface area contributed by atoms with Crippen molar-refractivity contribution in [3.8, 4) is 0 Å². The molecule has 72 valence electrons. The Labute approximate surface area is 72.9 Å². The first kappa shape index (κ1) is 11.4. The molecule has 0 aromatic carbocycles. The molecular formula is C8H17NO3. The van der Waals surface area contributed by atoms with Gasteiger partial charge in [0.2, 0.25) is 0 Å². The van der Waals surface area contributed by atoms with Gasteiger partial charge < -0.3 is 15.2 Å². The number of esters is 1. The van der Waals surface area contributed by atoms with E-state index in [4.69, 9.17) is 9.84 Å². The zero-order chi connectivity index (χ0) is 9.72. The molecular weight excluding hydrogens is 158 g/mol. The minimum atomic E-state index is -0.735. The monoisotopic (exact) mass is 175 g/mol. The summed E-state index contributed by atoms with van der Waals surface area (Å²) >= 11 is 0. The van der Waals surface area contributed by atoms with Crippen LogP contribution in [-0.4, -0.2) is 36.4 Å². The summed E-state index contributed by atoms with van der Waals surface area (Å²) in [7, 11) is 1.61. The average Bonchev–Trinajstić information content (AvgIpc) is 1.85. The SMILES string of the molecule is CN[C@H](C(=O)OC(C)C)[C@@H](C)O. The molecule has 0 bridgehead atoms. The van der Waals surface area contributed by atoms with E-state index in [-0.39, 0.29) is 6.10 Å². The molecule has 2 atom stereocenters. The average molecular weight is 175 g/mol. The summed E-state index contributed by atoms with van der Waals surface area (Å²) in [4.78, 5) is 11.2. The van der Waals surface area contributed by atoms with Crippen LogP contribution in [0.5, 0.6) is 0 Å². The molecule has 0 radical (unpaired) electrons. The van der Waals surface area contributed by atoms with Crippen LogP contribution in [0.3, 0.4) is 0 Å². The van der Waals surface area contributed by atoms with E-state index in [0.29, 0.717) is 0 Å². The number of hydrogen-bond donors (Lipinski definition) is 2. The number of rotatable bonds is 4. The fourth-order valence-corrected chi connectivity index (χ4v) is 0.862. The van der Waals surface area contributed by atoms with E-state index < -0.39 is 18.1 Å². The second-order valence-corrected chi connectivity index (χ2v) is 2.99. The summed E-state index contributed by atoms with van der Waals surface area (Å²) < 4.78 is 4.90. The lowest BCUT2D eigenvalue weighted by Gasteiger charge is -2.18. The van der Waals surface area contributed by atoms with Gasteiger partial charge in [0.05, 0.1) is 12.2 Å². The topological polar surface area (TPSA) is 58.6 Å². The fourth-order valence-electron chi connectivity index (χ4n) is 0.862. The molecule has 2 N–H and O–H groups in total. The molecule has 12 heavy (non-hydrogen) atoms. The van der Waals surface area contributed by atoms with Crippen molar-refractivity contribution in [3.05, 3.63) is 0 Å². The third-order valence-corrected chi connectivity index (χ3v) is 1.40. The van der Waals surface area contributed by atoms with Gasteiger partial charge >= 0.3 is 5.97 Å². The van der Waals surface area contributed by atoms with Gasteiger partial charge in [-0.15, -0.1) is 0 Å². The molecule has 0 aromatic rings. The maximum atomic E-state index is 11.2. The van der Waals surface area contributed by atoms with E-state index in [0.717, 1.165) is 0 Å². The van der Waals surface area contributed by atoms with Crippen LogP contribution in [0.25, 0.3) is 0 Å². The van der Waals surface area contributed by atoms with Gasteiger partial charge in [0.1, 0.15) is 6.04 Å². The number of carbonyl (C=O) groups is 1. The highest BCUT2D eigenvalue weighted by molar-refractivity contribution is 5.76. The van der Waals surface area contributed by atoms with Crippen molar-refractivity contribution in [2.75, 3.05) is 7.05 Å². The van der Waals surface area contributed by atoms with E-state index in [9.17, 15) is 4.79 Å². The number of ether oxygens (including phenoxy) is 1. The van der Waals surface area contributed by atoms with Gasteiger partial charge in [0.15, 0.2) is 0 Å². The lowest BCUT2D eigenvalue weighted by molar-refractivity contribution is -0.152. The molecule has 0 rings (SSSR count). The van der Waals surface area contributed by atoms with Crippen LogP contribution in [0.2, 0.25) is 0 Å². The Morgan fingerprint density at radius 3 is 2.17 bits per heavy atom. The quantitative estimate of drug-likeness (QED) is 0.586. The van der Waals surface area contributed by atoms with Crippen LogP contribution in [0.1, 0.15) is 20.8 Å². The van der Waals surface area contributed by atoms with E-state index in [1.54, 1.807) is 27.8 Å². The summed E-state index contributed by atoms with van der Waals surface area (Å²) in [6, 6.07) is -0.632. The minimum Gasteiger partial charge on any atom is -0.462 e. The second-order valence-electron chi connectivity index (χ2n) is 2.99. The first-order valence-corrected chi connectivity index (χ1v) is 4.04. The fraction of sp³-hybridized carbons (Fsp3) is 0.875. The molecule has 0 saturated heterocycles. The predicted molar refractivity (Wildman–Crippen MR) is 45.8 cm³/mol. The summed E-state index contributed by atoms with van der Waals surface area (Å²) in [6.45, 7) is 5.09. The molecule has 4 nitrogen and oxygen atoms in total. The second kappa shape index (κ2) is 5.11. The smallest absolute Gasteiger partial charge is 0.326 e. The Hall–Kier alpha value is -0.610. The predicted octanol–water partition coefficient (Wildman–Crippen LogP) is -0.0932. The molecule has 0 fully saturated rings. The number of carbonyl (C=O) groups excluding carboxylic acids is 1. The largest absolute Gasteiger partial charge is 0.462 e. The molecule has 0 aliphatic heterocycles. The normalized spacial score (nSPS) is 15.8. The molecule has 0 unspecified atom stereocenters. The van der Waals surface area contributed by atoms with Crippen molar-refractivity contribution >= 4 is 5.97 Å². The van der Waals surface area contributed by atoms with Crippen LogP contribution < -0.4 is 5.32 Å². The molecule has 0 aromatic heterocycles. The van der Waals surface area contributed by atoms with E-state index >= 15 is 0 Å². The summed E-state index contributed by atoms with van der Waals surface area (Å²) in [5, 5.41) is 11.8. The van der Waals surface area contributed by atoms with Crippen molar-refractivity contribution in [1.82, 2.24) is 5.32 Å². The van der Waals surface area contributed by atoms with E-state index in [2.05, 4.69) is 5.32 Å². The zero-order valence-corrected chi connectivity index (χ0v) is 8.00. The van der Waals surface area contributed by atoms with Crippen LogP contribution >= 0.6 is 0 Å². The van der Waals surface area contributed by atoms with Crippen LogP contribution in [0.15, 0.2) is 0 Å². The standard InChI is InChI=1S/C8H17NO3/c1-5(2)12-8(11)7(9-4)6(3)10/h5-7,9-10H,1-4H3/t6-,7+/m1/s1. The minimum absolute atomic E-state index is 0.146. The van der Waals surface area contributed by atoms with Gasteiger partial charge in [0, 0.05) is 0 Å². The third kappa shape index (κ3) is 3.69. The molecule has 0 aliphatic rings. The number of nitrogens with one attached hydrogen (secondary N) is 1. The molecule has 0 aliphatic carbocycles. The number of likely N-dealkylation sites (N-methyl/N-ethyl adjacent to an activating group) is 1. The lowest BCUT2D eigenvalue weighted by Crippen LogP contribution is -2.44. The first-order chi connectivity index (χ1) is 5.49. The zero-order valence-electron chi connectivity index (χ0n) is 8.00. The Kier molecular flexibility index (Phi) is 4.85. The van der Waals surface area contributed by atoms with Crippen LogP contribution in [-0.2, 0) is 9.53 Å². The molecule has 0 spiro atoms. The molecule has 0 saturated carbocycles. The van der Waals surface area contributed by atoms with Crippen molar-refractivity contribution in [3.63, 3.8) is 0 Å². The van der Waals surface area contributed by atoms with Gasteiger partial charge in [-0.1, -0.05) is 0 Å². The Bertz CT molecular complexity index is 145. The molecule has 4 heteroatoms. The van der Waals surface area contributed by atoms with E-state index in [1.807, 2.05) is 0 Å². The van der Waals surface area contributed by atoms with Gasteiger partial charge in [-0.3, -0.25) is 4.79 Å². The maximum absolute atomic E-state index is 11.2. The van der Waals surface area contributed by atoms with Crippen molar-refractivity contribution in [1.29, 1.82) is 0 Å². The van der Waals surface area contributed by atoms with E-state index in [1.165, 1.54) is 0 Å². The maximum Gasteiger partial charge on any atom is 0.326 e. The molecule has 0 heterocycles. The number of hydrogen-bond acceptors (Lipinski definition) is 4. The number of aliphatic hydroxyl groups excluding tert-OH is 1. The van der Waals surface area contributed by atoms with Crippen molar-refractivity contribution in [2.24, 2.45) is 0 Å². The summed E-state index contributed by atoms with van der Waals surface area (Å²) in [6.07, 6.45) is -0.881. The Balaban J connectivity index is 4.04. The first-order valence-electron chi connectivity index (χ1n) is 4.04. The highest BCUT2D eigenvalue weighted by atomic mass is 16.5. The Morgan fingerprint density at radius 2 is 1.92 bits per heavy atom. The van der Waals surface area contributed by atoms with Crippen LogP contribution in [0, 0.1) is 0 Å². The summed E-state index contributed by atoms with van der Waals surface area (Å²) in [5.41, 5.74) is 0. The van der Waals surface area contributed by atoms with Crippen molar-refractivity contribution < 1.29 is 14.6 Å². The van der Waals surface area contributed by atoms with Gasteiger partial charge in [0.25, 0.3) is 0 Å². The Morgan fingerprint density at radius 1 is 1.42 bits per heavy atom. The van der Waals surface area contributed by atoms with Gasteiger partial charge in [-0.05, 0) is 27.8 Å². The highest BCUT2D eigenvalue weighted by Gasteiger charge is 2.23. The summed E-state index contributed by atoms with van der Waals surface area (Å²) in [5.74, 6) is -0.414. The highest BCUT2D eigenvalue weighted by Crippen LogP contribution is 1.98. The van der Waals surface area contributed by atoms with Crippen molar-refractivity contribution in [2.45, 2.75) is 39.0 Å².